The van der Waals surface area contributed by atoms with Crippen LogP contribution in [-0.2, 0) is 13.5 Å². The van der Waals surface area contributed by atoms with Crippen molar-refractivity contribution in [3.05, 3.63) is 41.7 Å². The van der Waals surface area contributed by atoms with Gasteiger partial charge in [0.1, 0.15) is 13.2 Å². The lowest BCUT2D eigenvalue weighted by molar-refractivity contribution is 0.168. The third-order valence-electron chi connectivity index (χ3n) is 3.37. The fourth-order valence-electron chi connectivity index (χ4n) is 2.44. The lowest BCUT2D eigenvalue weighted by Gasteiger charge is -2.24. The molecule has 0 saturated heterocycles. The molecule has 6 heteroatoms. The number of benzene rings is 1. The molecule has 0 spiro atoms. The summed E-state index contributed by atoms with van der Waals surface area (Å²) in [7, 11) is 1.90. The van der Waals surface area contributed by atoms with Crippen molar-refractivity contribution in [2.75, 3.05) is 13.2 Å². The van der Waals surface area contributed by atoms with Crippen LogP contribution in [0, 0.1) is 0 Å². The van der Waals surface area contributed by atoms with Crippen LogP contribution in [0.25, 0.3) is 0 Å². The Kier molecular flexibility index (Phi) is 3.58. The van der Waals surface area contributed by atoms with Crippen molar-refractivity contribution < 1.29 is 9.47 Å². The van der Waals surface area contributed by atoms with Gasteiger partial charge in [0.15, 0.2) is 11.5 Å². The van der Waals surface area contributed by atoms with Crippen molar-refractivity contribution in [2.24, 2.45) is 12.9 Å². The van der Waals surface area contributed by atoms with E-state index in [9.17, 15) is 0 Å². The second kappa shape index (κ2) is 5.52. The Morgan fingerprint density at radius 2 is 2.25 bits per heavy atom. The minimum Gasteiger partial charge on any atom is -0.486 e. The second-order valence-electron chi connectivity index (χ2n) is 4.82. The Hall–Kier alpha value is -2.05. The lowest BCUT2D eigenvalue weighted by Crippen LogP contribution is -2.30. The molecule has 6 nitrogen and oxygen atoms in total. The smallest absolute Gasteiger partial charge is 0.166 e. The van der Waals surface area contributed by atoms with Crippen LogP contribution >= 0.6 is 0 Å². The topological polar surface area (TPSA) is 74.3 Å². The Bertz CT molecular complexity index is 597. The molecule has 2 heterocycles. The maximum absolute atomic E-state index is 5.74. The molecule has 0 fully saturated rings. The standard InChI is InChI=1S/C14H18N4O2/c1-18-9-10(8-16-18)7-12(17-15)11-3-2-4-13-14(11)20-6-5-19-13/h2-4,8-9,12,17H,5-7,15H2,1H3. The first-order chi connectivity index (χ1) is 9.78. The Labute approximate surface area is 117 Å². The summed E-state index contributed by atoms with van der Waals surface area (Å²) in [5, 5.41) is 4.18. The Balaban J connectivity index is 1.89. The highest BCUT2D eigenvalue weighted by molar-refractivity contribution is 5.49. The summed E-state index contributed by atoms with van der Waals surface area (Å²) in [6, 6.07) is 5.83. The van der Waals surface area contributed by atoms with Gasteiger partial charge in [-0.05, 0) is 18.1 Å². The van der Waals surface area contributed by atoms with Crippen LogP contribution in [0.5, 0.6) is 11.5 Å². The number of ether oxygens (including phenoxy) is 2. The zero-order chi connectivity index (χ0) is 13.9. The fourth-order valence-corrected chi connectivity index (χ4v) is 2.44. The van der Waals surface area contributed by atoms with E-state index in [4.69, 9.17) is 15.3 Å². The number of nitrogens with zero attached hydrogens (tertiary/aromatic N) is 2. The molecule has 1 aromatic heterocycles. The van der Waals surface area contributed by atoms with Crippen LogP contribution in [0.3, 0.4) is 0 Å². The summed E-state index contributed by atoms with van der Waals surface area (Å²) in [5.74, 6) is 7.28. The molecule has 0 saturated carbocycles. The second-order valence-corrected chi connectivity index (χ2v) is 4.82. The molecule has 0 amide bonds. The summed E-state index contributed by atoms with van der Waals surface area (Å²) >= 11 is 0. The van der Waals surface area contributed by atoms with Crippen LogP contribution in [0.1, 0.15) is 17.2 Å². The Morgan fingerprint density at radius 1 is 1.40 bits per heavy atom. The van der Waals surface area contributed by atoms with E-state index in [1.54, 1.807) is 4.68 Å². The first-order valence-electron chi connectivity index (χ1n) is 6.60. The van der Waals surface area contributed by atoms with Gasteiger partial charge in [-0.15, -0.1) is 0 Å². The van der Waals surface area contributed by atoms with Crippen LogP contribution in [0.15, 0.2) is 30.6 Å². The quantitative estimate of drug-likeness (QED) is 0.641. The summed E-state index contributed by atoms with van der Waals surface area (Å²) in [4.78, 5) is 0. The normalized spacial score (nSPS) is 15.1. The van der Waals surface area contributed by atoms with Crippen molar-refractivity contribution >= 4 is 0 Å². The van der Waals surface area contributed by atoms with Gasteiger partial charge in [0, 0.05) is 18.8 Å². The first-order valence-corrected chi connectivity index (χ1v) is 6.60. The van der Waals surface area contributed by atoms with Gasteiger partial charge < -0.3 is 9.47 Å². The van der Waals surface area contributed by atoms with E-state index in [0.717, 1.165) is 29.0 Å². The minimum atomic E-state index is -0.0455. The highest BCUT2D eigenvalue weighted by atomic mass is 16.6. The van der Waals surface area contributed by atoms with E-state index in [1.165, 1.54) is 0 Å². The molecule has 1 aliphatic rings. The molecule has 3 rings (SSSR count). The number of nitrogens with one attached hydrogen (secondary N) is 1. The predicted octanol–water partition coefficient (Wildman–Crippen LogP) is 0.938. The molecule has 106 valence electrons. The first kappa shape index (κ1) is 13.0. The number of hydrogen-bond donors (Lipinski definition) is 2. The van der Waals surface area contributed by atoms with Crippen LogP contribution < -0.4 is 20.7 Å². The molecular formula is C14H18N4O2. The maximum Gasteiger partial charge on any atom is 0.166 e. The van der Waals surface area contributed by atoms with E-state index in [0.29, 0.717) is 13.2 Å². The van der Waals surface area contributed by atoms with Crippen LogP contribution in [0.2, 0.25) is 0 Å². The van der Waals surface area contributed by atoms with Gasteiger partial charge in [-0.3, -0.25) is 16.0 Å². The Morgan fingerprint density at radius 3 is 3.00 bits per heavy atom. The minimum absolute atomic E-state index is 0.0455. The number of fused-ring (bicyclic) bond motifs is 1. The zero-order valence-corrected chi connectivity index (χ0v) is 11.4. The zero-order valence-electron chi connectivity index (χ0n) is 11.4. The van der Waals surface area contributed by atoms with Gasteiger partial charge in [0.2, 0.25) is 0 Å². The molecule has 0 radical (unpaired) electrons. The monoisotopic (exact) mass is 274 g/mol. The van der Waals surface area contributed by atoms with Crippen molar-refractivity contribution in [1.82, 2.24) is 15.2 Å². The van der Waals surface area contributed by atoms with Crippen molar-refractivity contribution in [1.29, 1.82) is 0 Å². The molecular weight excluding hydrogens is 256 g/mol. The predicted molar refractivity (Wildman–Crippen MR) is 74.4 cm³/mol. The lowest BCUT2D eigenvalue weighted by atomic mass is 9.99. The SMILES string of the molecule is Cn1cc(CC(NN)c2cccc3c2OCCO3)cn1. The van der Waals surface area contributed by atoms with Crippen molar-refractivity contribution in [3.63, 3.8) is 0 Å². The van der Waals surface area contributed by atoms with E-state index >= 15 is 0 Å². The molecule has 1 aromatic carbocycles. The van der Waals surface area contributed by atoms with Crippen LogP contribution in [0.4, 0.5) is 0 Å². The summed E-state index contributed by atoms with van der Waals surface area (Å²) in [6.07, 6.45) is 4.57. The number of aryl methyl sites for hydroxylation is 1. The molecule has 0 bridgehead atoms. The van der Waals surface area contributed by atoms with E-state index < -0.39 is 0 Å². The number of aromatic nitrogens is 2. The third-order valence-corrected chi connectivity index (χ3v) is 3.37. The van der Waals surface area contributed by atoms with Gasteiger partial charge in [-0.2, -0.15) is 5.10 Å². The van der Waals surface area contributed by atoms with E-state index in [2.05, 4.69) is 10.5 Å². The van der Waals surface area contributed by atoms with Gasteiger partial charge in [0.05, 0.1) is 12.2 Å². The third kappa shape index (κ3) is 2.48. The number of hydrogen-bond acceptors (Lipinski definition) is 5. The average molecular weight is 274 g/mol. The molecule has 1 atom stereocenters. The molecule has 20 heavy (non-hydrogen) atoms. The van der Waals surface area contributed by atoms with Gasteiger partial charge in [-0.25, -0.2) is 0 Å². The van der Waals surface area contributed by atoms with Gasteiger partial charge in [-0.1, -0.05) is 12.1 Å². The molecule has 1 unspecified atom stereocenters. The summed E-state index contributed by atoms with van der Waals surface area (Å²) < 4.78 is 13.1. The molecule has 3 N–H and O–H groups in total. The molecule has 2 aromatic rings. The molecule has 0 aliphatic carbocycles. The maximum atomic E-state index is 5.74. The van der Waals surface area contributed by atoms with E-state index in [-0.39, 0.29) is 6.04 Å². The largest absolute Gasteiger partial charge is 0.486 e. The molecule has 1 aliphatic heterocycles. The number of nitrogens with two attached hydrogens (primary N) is 1. The number of para-hydroxylation sites is 1. The number of hydrazine groups is 1. The summed E-state index contributed by atoms with van der Waals surface area (Å²) in [5.41, 5.74) is 4.98. The van der Waals surface area contributed by atoms with Crippen molar-refractivity contribution in [3.8, 4) is 11.5 Å². The van der Waals surface area contributed by atoms with E-state index in [1.807, 2.05) is 37.6 Å². The fraction of sp³-hybridized carbons (Fsp3) is 0.357. The van der Waals surface area contributed by atoms with Gasteiger partial charge in [0.25, 0.3) is 0 Å². The van der Waals surface area contributed by atoms with Gasteiger partial charge >= 0.3 is 0 Å². The number of rotatable bonds is 4. The summed E-state index contributed by atoms with van der Waals surface area (Å²) in [6.45, 7) is 1.15. The average Bonchev–Trinajstić information content (AvgIpc) is 2.89. The van der Waals surface area contributed by atoms with Crippen molar-refractivity contribution in [2.45, 2.75) is 12.5 Å². The highest BCUT2D eigenvalue weighted by Crippen LogP contribution is 2.37. The highest BCUT2D eigenvalue weighted by Gasteiger charge is 2.21. The van der Waals surface area contributed by atoms with Crippen LogP contribution in [-0.4, -0.2) is 23.0 Å².